The van der Waals surface area contributed by atoms with Crippen molar-refractivity contribution in [3.05, 3.63) is 35.4 Å². The first-order valence-electron chi connectivity index (χ1n) is 6.83. The molecule has 1 aromatic rings. The lowest BCUT2D eigenvalue weighted by molar-refractivity contribution is -0.145. The molecule has 1 amide bonds. The molecule has 0 aliphatic rings. The summed E-state index contributed by atoms with van der Waals surface area (Å²) in [6, 6.07) is 3.65. The Morgan fingerprint density at radius 2 is 1.83 bits per heavy atom. The second-order valence-corrected chi connectivity index (χ2v) is 5.19. The van der Waals surface area contributed by atoms with Crippen molar-refractivity contribution in [3.63, 3.8) is 0 Å². The van der Waals surface area contributed by atoms with Crippen molar-refractivity contribution in [2.24, 2.45) is 5.92 Å². The van der Waals surface area contributed by atoms with E-state index in [-0.39, 0.29) is 12.0 Å². The molecular formula is C15H15F3N2O4. The number of hydrogen-bond donors (Lipinski definition) is 3. The monoisotopic (exact) mass is 344 g/mol. The molecule has 3 N–H and O–H groups in total. The van der Waals surface area contributed by atoms with Crippen LogP contribution in [-0.2, 0) is 15.8 Å². The Hall–Kier alpha value is -2.60. The average molecular weight is 344 g/mol. The highest BCUT2D eigenvalue weighted by Gasteiger charge is 2.32. The van der Waals surface area contributed by atoms with E-state index in [1.54, 1.807) is 6.07 Å². The molecule has 0 aliphatic carbocycles. The minimum absolute atomic E-state index is 0.113. The van der Waals surface area contributed by atoms with Gasteiger partial charge in [0, 0.05) is 12.3 Å². The Labute approximate surface area is 135 Å². The van der Waals surface area contributed by atoms with Gasteiger partial charge in [0.25, 0.3) is 5.91 Å². The van der Waals surface area contributed by atoms with Gasteiger partial charge in [0.1, 0.15) is 6.04 Å². The van der Waals surface area contributed by atoms with Crippen LogP contribution in [0.5, 0.6) is 0 Å². The zero-order valence-corrected chi connectivity index (χ0v) is 12.5. The molecule has 0 saturated carbocycles. The molecule has 0 unspecified atom stereocenters. The molecule has 0 heterocycles. The number of amides is 1. The SMILES string of the molecule is C[C@@H](CC#N)[C@H](NC(=O)[C@H](O)c1ccc(C(F)(F)F)cc1)C(=O)O. The molecule has 1 aromatic carbocycles. The summed E-state index contributed by atoms with van der Waals surface area (Å²) in [4.78, 5) is 23.1. The first-order valence-corrected chi connectivity index (χ1v) is 6.83. The Morgan fingerprint density at radius 3 is 2.25 bits per heavy atom. The third-order valence-electron chi connectivity index (χ3n) is 3.35. The fraction of sp³-hybridized carbons (Fsp3) is 0.400. The molecule has 24 heavy (non-hydrogen) atoms. The predicted octanol–water partition coefficient (Wildman–Crippen LogP) is 1.86. The lowest BCUT2D eigenvalue weighted by atomic mass is 9.98. The van der Waals surface area contributed by atoms with Crippen molar-refractivity contribution < 1.29 is 33.0 Å². The maximum atomic E-state index is 12.5. The number of aliphatic hydroxyl groups is 1. The number of rotatable bonds is 6. The van der Waals surface area contributed by atoms with Gasteiger partial charge >= 0.3 is 12.1 Å². The van der Waals surface area contributed by atoms with Crippen LogP contribution in [0.2, 0.25) is 0 Å². The number of carboxylic acid groups (broad SMARTS) is 1. The molecule has 0 spiro atoms. The fourth-order valence-electron chi connectivity index (χ4n) is 1.95. The molecule has 0 bridgehead atoms. The number of carbonyl (C=O) groups is 2. The summed E-state index contributed by atoms with van der Waals surface area (Å²) in [5.41, 5.74) is -1.05. The second kappa shape index (κ2) is 7.79. The van der Waals surface area contributed by atoms with E-state index in [0.717, 1.165) is 12.1 Å². The van der Waals surface area contributed by atoms with Gasteiger partial charge < -0.3 is 15.5 Å². The van der Waals surface area contributed by atoms with E-state index in [1.807, 2.05) is 0 Å². The summed E-state index contributed by atoms with van der Waals surface area (Å²) < 4.78 is 37.4. The first-order chi connectivity index (χ1) is 11.1. The molecule has 1 rings (SSSR count). The minimum atomic E-state index is -4.55. The van der Waals surface area contributed by atoms with Crippen LogP contribution in [0, 0.1) is 17.2 Å². The highest BCUT2D eigenvalue weighted by atomic mass is 19.4. The van der Waals surface area contributed by atoms with Crippen LogP contribution in [0.4, 0.5) is 13.2 Å². The third-order valence-corrected chi connectivity index (χ3v) is 3.35. The molecule has 3 atom stereocenters. The van der Waals surface area contributed by atoms with E-state index in [1.165, 1.54) is 6.92 Å². The van der Waals surface area contributed by atoms with Crippen LogP contribution >= 0.6 is 0 Å². The fourth-order valence-corrected chi connectivity index (χ4v) is 1.95. The maximum absolute atomic E-state index is 12.5. The summed E-state index contributed by atoms with van der Waals surface area (Å²) in [5, 5.41) is 29.6. The second-order valence-electron chi connectivity index (χ2n) is 5.19. The highest BCUT2D eigenvalue weighted by Crippen LogP contribution is 2.30. The van der Waals surface area contributed by atoms with Crippen molar-refractivity contribution in [1.82, 2.24) is 5.32 Å². The van der Waals surface area contributed by atoms with Gasteiger partial charge in [-0.25, -0.2) is 4.79 Å². The van der Waals surface area contributed by atoms with Gasteiger partial charge in [0.15, 0.2) is 6.10 Å². The standard InChI is InChI=1S/C15H15F3N2O4/c1-8(6-7-19)11(14(23)24)20-13(22)12(21)9-2-4-10(5-3-9)15(16,17)18/h2-5,8,11-12,21H,6H2,1H3,(H,20,22)(H,23,24)/t8-,11-,12+/m0/s1. The van der Waals surface area contributed by atoms with E-state index in [4.69, 9.17) is 10.4 Å². The topological polar surface area (TPSA) is 110 Å². The maximum Gasteiger partial charge on any atom is 0.416 e. The number of nitriles is 1. The van der Waals surface area contributed by atoms with E-state index in [0.29, 0.717) is 12.1 Å². The predicted molar refractivity (Wildman–Crippen MR) is 75.4 cm³/mol. The molecule has 0 saturated heterocycles. The number of alkyl halides is 3. The number of halogens is 3. The van der Waals surface area contributed by atoms with Gasteiger partial charge in [-0.05, 0) is 17.7 Å². The van der Waals surface area contributed by atoms with Crippen LogP contribution in [0.3, 0.4) is 0 Å². The van der Waals surface area contributed by atoms with E-state index in [9.17, 15) is 27.9 Å². The normalized spacial score (nSPS) is 15.0. The van der Waals surface area contributed by atoms with E-state index < -0.39 is 41.7 Å². The van der Waals surface area contributed by atoms with Crippen molar-refractivity contribution >= 4 is 11.9 Å². The zero-order chi connectivity index (χ0) is 18.5. The number of aliphatic hydroxyl groups excluding tert-OH is 1. The summed E-state index contributed by atoms with van der Waals surface area (Å²) >= 11 is 0. The Morgan fingerprint density at radius 1 is 1.29 bits per heavy atom. The van der Waals surface area contributed by atoms with Gasteiger partial charge in [-0.3, -0.25) is 4.79 Å². The number of hydrogen-bond acceptors (Lipinski definition) is 4. The number of nitrogens with one attached hydrogen (secondary N) is 1. The van der Waals surface area contributed by atoms with Gasteiger partial charge in [-0.1, -0.05) is 19.1 Å². The Bertz CT molecular complexity index is 638. The van der Waals surface area contributed by atoms with Crippen LogP contribution in [0.1, 0.15) is 30.6 Å². The molecule has 0 fully saturated rings. The van der Waals surface area contributed by atoms with Gasteiger partial charge in [0.05, 0.1) is 11.6 Å². The Balaban J connectivity index is 2.86. The number of benzene rings is 1. The molecule has 130 valence electrons. The largest absolute Gasteiger partial charge is 0.480 e. The van der Waals surface area contributed by atoms with Crippen molar-refractivity contribution in [3.8, 4) is 6.07 Å². The first kappa shape index (κ1) is 19.4. The van der Waals surface area contributed by atoms with Crippen molar-refractivity contribution in [2.45, 2.75) is 31.7 Å². The molecule has 0 aromatic heterocycles. The average Bonchev–Trinajstić information content (AvgIpc) is 2.50. The lowest BCUT2D eigenvalue weighted by Crippen LogP contribution is -2.46. The quantitative estimate of drug-likeness (QED) is 0.729. The number of carbonyl (C=O) groups excluding carboxylic acids is 1. The molecule has 0 aliphatic heterocycles. The summed E-state index contributed by atoms with van der Waals surface area (Å²) in [6.45, 7) is 1.44. The van der Waals surface area contributed by atoms with Gasteiger partial charge in [0.2, 0.25) is 0 Å². The van der Waals surface area contributed by atoms with E-state index in [2.05, 4.69) is 5.32 Å². The minimum Gasteiger partial charge on any atom is -0.480 e. The van der Waals surface area contributed by atoms with Crippen LogP contribution in [-0.4, -0.2) is 28.1 Å². The zero-order valence-electron chi connectivity index (χ0n) is 12.5. The number of carboxylic acids is 1. The molecule has 9 heteroatoms. The lowest BCUT2D eigenvalue weighted by Gasteiger charge is -2.21. The summed E-state index contributed by atoms with van der Waals surface area (Å²) in [7, 11) is 0. The van der Waals surface area contributed by atoms with Crippen LogP contribution in [0.15, 0.2) is 24.3 Å². The summed E-state index contributed by atoms with van der Waals surface area (Å²) in [5.74, 6) is -3.17. The van der Waals surface area contributed by atoms with Crippen molar-refractivity contribution in [1.29, 1.82) is 5.26 Å². The van der Waals surface area contributed by atoms with E-state index >= 15 is 0 Å². The summed E-state index contributed by atoms with van der Waals surface area (Å²) in [6.07, 6.45) is -6.51. The molecule has 0 radical (unpaired) electrons. The van der Waals surface area contributed by atoms with Gasteiger partial charge in [-0.2, -0.15) is 18.4 Å². The van der Waals surface area contributed by atoms with Crippen LogP contribution in [0.25, 0.3) is 0 Å². The number of nitrogens with zero attached hydrogens (tertiary/aromatic N) is 1. The number of aliphatic carboxylic acids is 1. The molecular weight excluding hydrogens is 329 g/mol. The van der Waals surface area contributed by atoms with Gasteiger partial charge in [-0.15, -0.1) is 0 Å². The molecule has 6 nitrogen and oxygen atoms in total. The third kappa shape index (κ3) is 4.96. The van der Waals surface area contributed by atoms with Crippen molar-refractivity contribution in [2.75, 3.05) is 0 Å². The smallest absolute Gasteiger partial charge is 0.416 e. The van der Waals surface area contributed by atoms with Crippen LogP contribution < -0.4 is 5.32 Å². The highest BCUT2D eigenvalue weighted by molar-refractivity contribution is 5.87. The Kier molecular flexibility index (Phi) is 6.31.